The van der Waals surface area contributed by atoms with E-state index in [-0.39, 0.29) is 0 Å². The zero-order chi connectivity index (χ0) is 12.2. The molecule has 0 radical (unpaired) electrons. The van der Waals surface area contributed by atoms with Crippen molar-refractivity contribution in [3.05, 3.63) is 5.21 Å². The molecule has 88 valence electrons. The van der Waals surface area contributed by atoms with E-state index in [2.05, 4.69) is 9.47 Å². The van der Waals surface area contributed by atoms with Crippen LogP contribution >= 0.6 is 0 Å². The van der Waals surface area contributed by atoms with Crippen LogP contribution in [-0.2, 0) is 9.47 Å². The third-order valence-corrected chi connectivity index (χ3v) is 1.22. The van der Waals surface area contributed by atoms with Crippen LogP contribution in [0.4, 0.5) is 9.59 Å². The van der Waals surface area contributed by atoms with Gasteiger partial charge in [0.05, 0.1) is 0 Å². The van der Waals surface area contributed by atoms with Gasteiger partial charge in [-0.3, -0.25) is 0 Å². The maximum Gasteiger partial charge on any atom is 0.547 e. The highest BCUT2D eigenvalue weighted by Gasteiger charge is 2.38. The van der Waals surface area contributed by atoms with E-state index in [1.165, 1.54) is 27.7 Å². The lowest BCUT2D eigenvalue weighted by Crippen LogP contribution is -2.59. The van der Waals surface area contributed by atoms with Crippen LogP contribution in [0, 0.1) is 5.21 Å². The molecule has 0 bridgehead atoms. The summed E-state index contributed by atoms with van der Waals surface area (Å²) in [6.07, 6.45) is -3.84. The van der Waals surface area contributed by atoms with Gasteiger partial charge in [-0.05, 0) is 27.7 Å². The summed E-state index contributed by atoms with van der Waals surface area (Å²) in [6.45, 7) is 6.13. The van der Waals surface area contributed by atoms with E-state index < -0.39 is 29.1 Å². The lowest BCUT2D eigenvalue weighted by molar-refractivity contribution is -0.745. The fourth-order valence-electron chi connectivity index (χ4n) is 0.634. The second-order valence-electron chi connectivity index (χ2n) is 3.52. The smallest absolute Gasteiger partial charge is 0.547 e. The summed E-state index contributed by atoms with van der Waals surface area (Å²) in [5.74, 6) is 4.93. The molecule has 2 amide bonds. The van der Waals surface area contributed by atoms with Crippen LogP contribution in [0.5, 0.6) is 0 Å². The molecular weight excluding hydrogens is 204 g/mol. The molecule has 0 rings (SSSR count). The van der Waals surface area contributed by atoms with E-state index in [1.54, 1.807) is 0 Å². The fraction of sp³-hybridized carbons (Fsp3) is 0.750. The molecule has 0 aliphatic rings. The van der Waals surface area contributed by atoms with Crippen LogP contribution in [0.2, 0.25) is 0 Å². The standard InChI is InChI=1S/C8H16N2O5/c1-5(2)14-7(11)10(9,13)8(12)15-6(3)4/h5-6H,9H2,1-4H3. The van der Waals surface area contributed by atoms with Crippen molar-refractivity contribution < 1.29 is 23.8 Å². The van der Waals surface area contributed by atoms with Crippen molar-refractivity contribution >= 4 is 12.2 Å². The first kappa shape index (κ1) is 13.8. The van der Waals surface area contributed by atoms with Crippen LogP contribution < -0.4 is 5.84 Å². The van der Waals surface area contributed by atoms with Crippen LogP contribution in [0.15, 0.2) is 0 Å². The summed E-state index contributed by atoms with van der Waals surface area (Å²) >= 11 is 0. The van der Waals surface area contributed by atoms with Crippen molar-refractivity contribution in [2.75, 3.05) is 0 Å². The minimum absolute atomic E-state index is 0.528. The van der Waals surface area contributed by atoms with Gasteiger partial charge in [0.2, 0.25) is 0 Å². The molecule has 0 spiro atoms. The summed E-state index contributed by atoms with van der Waals surface area (Å²) < 4.78 is 6.72. The Morgan fingerprint density at radius 2 is 1.33 bits per heavy atom. The van der Waals surface area contributed by atoms with Gasteiger partial charge >= 0.3 is 12.2 Å². The SMILES string of the molecule is CC(C)OC(=O)[N+](N)([O-])C(=O)OC(C)C. The van der Waals surface area contributed by atoms with Crippen molar-refractivity contribution in [3.8, 4) is 0 Å². The monoisotopic (exact) mass is 220 g/mol. The van der Waals surface area contributed by atoms with E-state index in [0.29, 0.717) is 0 Å². The topological polar surface area (TPSA) is 102 Å². The number of imide groups is 1. The maximum atomic E-state index is 11.3. The largest absolute Gasteiger partial charge is 0.591 e. The van der Waals surface area contributed by atoms with E-state index in [4.69, 9.17) is 5.84 Å². The number of carbonyl (C=O) groups is 2. The number of hydroxylamine groups is 2. The molecular formula is C8H16N2O5. The first-order chi connectivity index (χ1) is 6.67. The second kappa shape index (κ2) is 5.06. The van der Waals surface area contributed by atoms with Gasteiger partial charge < -0.3 is 14.7 Å². The summed E-state index contributed by atoms with van der Waals surface area (Å²) in [5.41, 5.74) is 0. The molecule has 2 N–H and O–H groups in total. The average Bonchev–Trinajstić information content (AvgIpc) is 2.01. The number of amides is 2. The molecule has 0 aromatic heterocycles. The molecule has 0 aromatic carbocycles. The Bertz CT molecular complexity index is 225. The summed E-state index contributed by atoms with van der Waals surface area (Å²) in [6, 6.07) is 0. The highest BCUT2D eigenvalue weighted by molar-refractivity contribution is 5.76. The van der Waals surface area contributed by atoms with Crippen molar-refractivity contribution in [2.24, 2.45) is 5.84 Å². The number of nitrogens with two attached hydrogens (primary N) is 1. The van der Waals surface area contributed by atoms with Gasteiger partial charge in [-0.1, -0.05) is 4.76 Å². The third-order valence-electron chi connectivity index (χ3n) is 1.22. The summed E-state index contributed by atoms with van der Waals surface area (Å²) in [7, 11) is 0. The fourth-order valence-corrected chi connectivity index (χ4v) is 0.634. The lowest BCUT2D eigenvalue weighted by Gasteiger charge is -2.28. The average molecular weight is 220 g/mol. The van der Waals surface area contributed by atoms with Crippen LogP contribution in [0.25, 0.3) is 0 Å². The molecule has 0 saturated carbocycles. The zero-order valence-electron chi connectivity index (χ0n) is 9.22. The summed E-state index contributed by atoms with van der Waals surface area (Å²) in [4.78, 5) is 22.2. The second-order valence-corrected chi connectivity index (χ2v) is 3.52. The molecule has 0 saturated heterocycles. The van der Waals surface area contributed by atoms with Crippen molar-refractivity contribution in [1.82, 2.24) is 0 Å². The van der Waals surface area contributed by atoms with Gasteiger partial charge in [-0.2, -0.15) is 15.4 Å². The molecule has 0 unspecified atom stereocenters. The number of nitrogens with zero attached hydrogens (tertiary/aromatic N) is 1. The van der Waals surface area contributed by atoms with Gasteiger partial charge in [0, 0.05) is 0 Å². The number of hydrogen-bond acceptors (Lipinski definition) is 6. The third kappa shape index (κ3) is 4.24. The van der Waals surface area contributed by atoms with E-state index in [1.807, 2.05) is 0 Å². The minimum atomic E-state index is -2.31. The van der Waals surface area contributed by atoms with Crippen LogP contribution in [-0.4, -0.2) is 29.1 Å². The molecule has 7 nitrogen and oxygen atoms in total. The Morgan fingerprint density at radius 3 is 1.53 bits per heavy atom. The Hall–Kier alpha value is -1.18. The van der Waals surface area contributed by atoms with Crippen molar-refractivity contribution in [1.29, 1.82) is 0 Å². The van der Waals surface area contributed by atoms with Gasteiger partial charge in [0.1, 0.15) is 12.2 Å². The quantitative estimate of drug-likeness (QED) is 0.325. The predicted molar refractivity (Wildman–Crippen MR) is 51.0 cm³/mol. The highest BCUT2D eigenvalue weighted by atomic mass is 16.7. The molecule has 0 atom stereocenters. The minimum Gasteiger partial charge on any atom is -0.591 e. The van der Waals surface area contributed by atoms with E-state index >= 15 is 0 Å². The van der Waals surface area contributed by atoms with Gasteiger partial charge in [0.25, 0.3) is 0 Å². The molecule has 0 heterocycles. The predicted octanol–water partition coefficient (Wildman–Crippen LogP) is 1.26. The van der Waals surface area contributed by atoms with Gasteiger partial charge in [-0.15, -0.1) is 0 Å². The lowest BCUT2D eigenvalue weighted by atomic mass is 10.5. The molecule has 0 fully saturated rings. The van der Waals surface area contributed by atoms with E-state index in [0.717, 1.165) is 0 Å². The number of hydrogen-bond donors (Lipinski definition) is 1. The Morgan fingerprint density at radius 1 is 1.07 bits per heavy atom. The van der Waals surface area contributed by atoms with Gasteiger partial charge in [-0.25, -0.2) is 0 Å². The molecule has 0 aliphatic carbocycles. The first-order valence-corrected chi connectivity index (χ1v) is 4.49. The Balaban J connectivity index is 4.51. The molecule has 0 aliphatic heterocycles. The Labute approximate surface area is 87.9 Å². The number of quaternary nitrogens is 1. The van der Waals surface area contributed by atoms with Gasteiger partial charge in [0.15, 0.2) is 0 Å². The highest BCUT2D eigenvalue weighted by Crippen LogP contribution is 2.07. The maximum absolute atomic E-state index is 11.3. The van der Waals surface area contributed by atoms with Crippen molar-refractivity contribution in [3.63, 3.8) is 0 Å². The first-order valence-electron chi connectivity index (χ1n) is 4.49. The molecule has 7 heteroatoms. The number of carbonyl (C=O) groups excluding carboxylic acids is 2. The van der Waals surface area contributed by atoms with Crippen LogP contribution in [0.1, 0.15) is 27.7 Å². The normalized spacial score (nSPS) is 11.7. The molecule has 0 aromatic rings. The molecule has 15 heavy (non-hydrogen) atoms. The zero-order valence-corrected chi connectivity index (χ0v) is 9.22. The summed E-state index contributed by atoms with van der Waals surface area (Å²) in [5, 5.41) is 11.3. The van der Waals surface area contributed by atoms with E-state index in [9.17, 15) is 14.8 Å². The van der Waals surface area contributed by atoms with Crippen LogP contribution in [0.3, 0.4) is 0 Å². The number of ether oxygens (including phenoxy) is 2. The number of rotatable bonds is 2. The van der Waals surface area contributed by atoms with Crippen molar-refractivity contribution in [2.45, 2.75) is 39.9 Å². The Kier molecular flexibility index (Phi) is 4.66.